The summed E-state index contributed by atoms with van der Waals surface area (Å²) in [6.45, 7) is 4.11. The van der Waals surface area contributed by atoms with Crippen molar-refractivity contribution >= 4 is 24.0 Å². The molecule has 1 fully saturated rings. The maximum Gasteiger partial charge on any atom is 0.224 e. The Hall–Kier alpha value is -1.85. The fourth-order valence-electron chi connectivity index (χ4n) is 3.05. The lowest BCUT2D eigenvalue weighted by atomic mass is 9.93. The summed E-state index contributed by atoms with van der Waals surface area (Å²) in [6, 6.07) is 9.73. The summed E-state index contributed by atoms with van der Waals surface area (Å²) in [7, 11) is 0. The van der Waals surface area contributed by atoms with Gasteiger partial charge in [0.05, 0.1) is 17.1 Å². The van der Waals surface area contributed by atoms with E-state index in [2.05, 4.69) is 15.7 Å². The van der Waals surface area contributed by atoms with Crippen LogP contribution < -0.4 is 10.6 Å². The highest BCUT2D eigenvalue weighted by Gasteiger charge is 2.15. The summed E-state index contributed by atoms with van der Waals surface area (Å²) in [4.78, 5) is 12.3. The van der Waals surface area contributed by atoms with Gasteiger partial charge in [-0.05, 0) is 63.4 Å². The van der Waals surface area contributed by atoms with Crippen LogP contribution in [0.1, 0.15) is 31.4 Å². The van der Waals surface area contributed by atoms with Gasteiger partial charge >= 0.3 is 0 Å². The van der Waals surface area contributed by atoms with Crippen LogP contribution in [0.4, 0.5) is 5.69 Å². The smallest absolute Gasteiger partial charge is 0.224 e. The predicted molar refractivity (Wildman–Crippen MR) is 99.0 cm³/mol. The van der Waals surface area contributed by atoms with Crippen molar-refractivity contribution in [3.63, 3.8) is 0 Å². The average Bonchev–Trinajstić information content (AvgIpc) is 3.01. The summed E-state index contributed by atoms with van der Waals surface area (Å²) in [5, 5.41) is 10.8. The number of nitrogens with one attached hydrogen (secondary N) is 2. The zero-order valence-corrected chi connectivity index (χ0v) is 14.8. The van der Waals surface area contributed by atoms with E-state index in [4.69, 9.17) is 0 Å². The first-order valence-electron chi connectivity index (χ1n) is 8.34. The zero-order valence-electron chi connectivity index (χ0n) is 14.0. The van der Waals surface area contributed by atoms with Gasteiger partial charge in [-0.2, -0.15) is 5.10 Å². The fraction of sp³-hybridized carbons (Fsp3) is 0.444. The minimum absolute atomic E-state index is 0. The summed E-state index contributed by atoms with van der Waals surface area (Å²) in [5.74, 6) is 0.755. The van der Waals surface area contributed by atoms with Crippen LogP contribution in [0.3, 0.4) is 0 Å². The number of carbonyl (C=O) groups excluding carboxylic acids is 1. The predicted octanol–water partition coefficient (Wildman–Crippen LogP) is 3.32. The van der Waals surface area contributed by atoms with Crippen LogP contribution in [0.25, 0.3) is 5.69 Å². The highest BCUT2D eigenvalue weighted by molar-refractivity contribution is 5.92. The van der Waals surface area contributed by atoms with Gasteiger partial charge in [-0.15, -0.1) is 12.4 Å². The van der Waals surface area contributed by atoms with Crippen molar-refractivity contribution in [3.05, 3.63) is 42.2 Å². The molecule has 130 valence electrons. The minimum atomic E-state index is 0. The fourth-order valence-corrected chi connectivity index (χ4v) is 3.05. The standard InChI is InChI=1S/C18H24N4O.ClH/c1-14-10-13-22(21-14)17-5-3-2-4-16(17)20-18(23)7-6-15-8-11-19-12-9-15;/h2-5,10,13,15,19H,6-9,11-12H2,1H3,(H,20,23);1H. The van der Waals surface area contributed by atoms with Crippen LogP contribution in [0, 0.1) is 12.8 Å². The molecular formula is C18H25ClN4O. The van der Waals surface area contributed by atoms with E-state index in [-0.39, 0.29) is 18.3 Å². The van der Waals surface area contributed by atoms with Crippen molar-refractivity contribution < 1.29 is 4.79 Å². The molecule has 1 aromatic carbocycles. The molecule has 1 amide bonds. The van der Waals surface area contributed by atoms with Gasteiger partial charge in [0.25, 0.3) is 0 Å². The number of aromatic nitrogens is 2. The lowest BCUT2D eigenvalue weighted by Crippen LogP contribution is -2.28. The number of amides is 1. The van der Waals surface area contributed by atoms with Gasteiger partial charge in [0.1, 0.15) is 0 Å². The van der Waals surface area contributed by atoms with E-state index in [0.29, 0.717) is 12.3 Å². The Morgan fingerprint density at radius 2 is 2.04 bits per heavy atom. The molecule has 6 heteroatoms. The van der Waals surface area contributed by atoms with E-state index in [0.717, 1.165) is 36.6 Å². The third-order valence-electron chi connectivity index (χ3n) is 4.39. The van der Waals surface area contributed by atoms with E-state index >= 15 is 0 Å². The molecular weight excluding hydrogens is 324 g/mol. The second-order valence-corrected chi connectivity index (χ2v) is 6.20. The van der Waals surface area contributed by atoms with Crippen LogP contribution in [0.2, 0.25) is 0 Å². The average molecular weight is 349 g/mol. The Kier molecular flexibility index (Phi) is 6.82. The highest BCUT2D eigenvalue weighted by atomic mass is 35.5. The SMILES string of the molecule is Cc1ccn(-c2ccccc2NC(=O)CCC2CCNCC2)n1.Cl. The Labute approximate surface area is 149 Å². The van der Waals surface area contributed by atoms with Crippen LogP contribution in [-0.2, 0) is 4.79 Å². The Bertz CT molecular complexity index is 665. The summed E-state index contributed by atoms with van der Waals surface area (Å²) in [6.07, 6.45) is 5.82. The second-order valence-electron chi connectivity index (χ2n) is 6.20. The molecule has 0 spiro atoms. The first-order valence-corrected chi connectivity index (χ1v) is 8.34. The minimum Gasteiger partial charge on any atom is -0.324 e. The van der Waals surface area contributed by atoms with Crippen LogP contribution in [0.5, 0.6) is 0 Å². The third kappa shape index (κ3) is 4.82. The second kappa shape index (κ2) is 8.85. The molecule has 0 unspecified atom stereocenters. The number of carbonyl (C=O) groups is 1. The highest BCUT2D eigenvalue weighted by Crippen LogP contribution is 2.21. The number of halogens is 1. The molecule has 24 heavy (non-hydrogen) atoms. The number of rotatable bonds is 5. The number of hydrogen-bond acceptors (Lipinski definition) is 3. The number of benzene rings is 1. The van der Waals surface area contributed by atoms with E-state index in [1.807, 2.05) is 43.5 Å². The van der Waals surface area contributed by atoms with Gasteiger partial charge in [-0.25, -0.2) is 4.68 Å². The topological polar surface area (TPSA) is 59.0 Å². The van der Waals surface area contributed by atoms with Gasteiger partial charge in [-0.1, -0.05) is 12.1 Å². The Morgan fingerprint density at radius 3 is 2.75 bits per heavy atom. The molecule has 2 heterocycles. The molecule has 1 aromatic heterocycles. The first-order chi connectivity index (χ1) is 11.2. The van der Waals surface area contributed by atoms with Gasteiger partial charge in [0.2, 0.25) is 5.91 Å². The number of anilines is 1. The summed E-state index contributed by atoms with van der Waals surface area (Å²) < 4.78 is 1.80. The van der Waals surface area contributed by atoms with Crippen molar-refractivity contribution in [1.29, 1.82) is 0 Å². The van der Waals surface area contributed by atoms with Crippen LogP contribution in [0.15, 0.2) is 36.5 Å². The van der Waals surface area contributed by atoms with E-state index in [1.54, 1.807) is 4.68 Å². The van der Waals surface area contributed by atoms with Crippen molar-refractivity contribution in [2.24, 2.45) is 5.92 Å². The van der Waals surface area contributed by atoms with Gasteiger partial charge < -0.3 is 10.6 Å². The largest absolute Gasteiger partial charge is 0.324 e. The Morgan fingerprint density at radius 1 is 1.29 bits per heavy atom. The molecule has 1 saturated heterocycles. The molecule has 0 aliphatic carbocycles. The third-order valence-corrected chi connectivity index (χ3v) is 4.39. The molecule has 2 aromatic rings. The number of aryl methyl sites for hydroxylation is 1. The van der Waals surface area contributed by atoms with E-state index < -0.39 is 0 Å². The first kappa shape index (κ1) is 18.5. The number of piperidine rings is 1. The normalized spacial score (nSPS) is 14.9. The molecule has 0 atom stereocenters. The molecule has 3 rings (SSSR count). The van der Waals surface area contributed by atoms with E-state index in [9.17, 15) is 4.79 Å². The van der Waals surface area contributed by atoms with Crippen molar-refractivity contribution in [2.45, 2.75) is 32.6 Å². The zero-order chi connectivity index (χ0) is 16.1. The number of para-hydroxylation sites is 2. The van der Waals surface area contributed by atoms with Gasteiger partial charge in [0.15, 0.2) is 0 Å². The van der Waals surface area contributed by atoms with Crippen molar-refractivity contribution in [3.8, 4) is 5.69 Å². The van der Waals surface area contributed by atoms with Crippen LogP contribution in [-0.4, -0.2) is 28.8 Å². The molecule has 0 radical (unpaired) electrons. The number of hydrogen-bond donors (Lipinski definition) is 2. The maximum absolute atomic E-state index is 12.3. The molecule has 0 bridgehead atoms. The summed E-state index contributed by atoms with van der Waals surface area (Å²) in [5.41, 5.74) is 2.67. The van der Waals surface area contributed by atoms with Crippen molar-refractivity contribution in [1.82, 2.24) is 15.1 Å². The number of nitrogens with zero attached hydrogens (tertiary/aromatic N) is 2. The van der Waals surface area contributed by atoms with Crippen molar-refractivity contribution in [2.75, 3.05) is 18.4 Å². The molecule has 0 saturated carbocycles. The molecule has 2 N–H and O–H groups in total. The van der Waals surface area contributed by atoms with E-state index in [1.165, 1.54) is 12.8 Å². The molecule has 1 aliphatic heterocycles. The summed E-state index contributed by atoms with van der Waals surface area (Å²) >= 11 is 0. The molecule has 5 nitrogen and oxygen atoms in total. The van der Waals surface area contributed by atoms with Gasteiger partial charge in [0, 0.05) is 12.6 Å². The lowest BCUT2D eigenvalue weighted by molar-refractivity contribution is -0.116. The quantitative estimate of drug-likeness (QED) is 0.871. The monoisotopic (exact) mass is 348 g/mol. The molecule has 1 aliphatic rings. The lowest BCUT2D eigenvalue weighted by Gasteiger charge is -2.22. The maximum atomic E-state index is 12.3. The van der Waals surface area contributed by atoms with Gasteiger partial charge in [-0.3, -0.25) is 4.79 Å². The van der Waals surface area contributed by atoms with Crippen LogP contribution >= 0.6 is 12.4 Å². The Balaban J connectivity index is 0.00000208.